The predicted octanol–water partition coefficient (Wildman–Crippen LogP) is 3.73. The Morgan fingerprint density at radius 3 is 2.65 bits per heavy atom. The van der Waals surface area contributed by atoms with E-state index in [1.54, 1.807) is 12.3 Å². The molecule has 0 fully saturated rings. The number of nitrogens with zero attached hydrogens (tertiary/aromatic N) is 1. The molecule has 0 aliphatic rings. The first-order valence-electron chi connectivity index (χ1n) is 7.01. The van der Waals surface area contributed by atoms with Gasteiger partial charge in [-0.25, -0.2) is 4.39 Å². The van der Waals surface area contributed by atoms with Gasteiger partial charge in [0.2, 0.25) is 0 Å². The number of hydrogen-bond acceptors (Lipinski definition) is 2. The predicted molar refractivity (Wildman–Crippen MR) is 80.2 cm³/mol. The third-order valence-electron chi connectivity index (χ3n) is 3.58. The van der Waals surface area contributed by atoms with Crippen molar-refractivity contribution >= 4 is 0 Å². The first-order chi connectivity index (χ1) is 9.61. The van der Waals surface area contributed by atoms with Crippen molar-refractivity contribution in [1.82, 2.24) is 10.3 Å². The van der Waals surface area contributed by atoms with Crippen LogP contribution in [0.15, 0.2) is 36.5 Å². The summed E-state index contributed by atoms with van der Waals surface area (Å²) in [6.07, 6.45) is 2.38. The summed E-state index contributed by atoms with van der Waals surface area (Å²) in [4.78, 5) is 4.20. The number of aromatic nitrogens is 1. The second-order valence-electron chi connectivity index (χ2n) is 5.10. The van der Waals surface area contributed by atoms with Gasteiger partial charge < -0.3 is 5.32 Å². The number of likely N-dealkylation sites (N-methyl/N-ethyl adjacent to an activating group) is 1. The van der Waals surface area contributed by atoms with Gasteiger partial charge in [-0.3, -0.25) is 4.98 Å². The van der Waals surface area contributed by atoms with Gasteiger partial charge in [-0.1, -0.05) is 25.1 Å². The van der Waals surface area contributed by atoms with Crippen molar-refractivity contribution in [2.45, 2.75) is 33.2 Å². The summed E-state index contributed by atoms with van der Waals surface area (Å²) in [6, 6.07) is 9.38. The lowest BCUT2D eigenvalue weighted by molar-refractivity contribution is 0.494. The summed E-state index contributed by atoms with van der Waals surface area (Å²) in [5.74, 6) is -0.248. The summed E-state index contributed by atoms with van der Waals surface area (Å²) in [5.41, 5.74) is 4.23. The highest BCUT2D eigenvalue weighted by Gasteiger charge is 2.16. The van der Waals surface area contributed by atoms with Gasteiger partial charge in [-0.05, 0) is 55.6 Å². The van der Waals surface area contributed by atoms with Crippen LogP contribution in [0, 0.1) is 19.7 Å². The van der Waals surface area contributed by atoms with Crippen LogP contribution in [-0.2, 0) is 6.42 Å². The van der Waals surface area contributed by atoms with E-state index in [2.05, 4.69) is 42.3 Å². The average molecular weight is 272 g/mol. The molecule has 0 aliphatic heterocycles. The highest BCUT2D eigenvalue weighted by molar-refractivity contribution is 5.31. The first-order valence-corrected chi connectivity index (χ1v) is 7.01. The van der Waals surface area contributed by atoms with E-state index in [-0.39, 0.29) is 11.9 Å². The molecule has 1 heterocycles. The quantitative estimate of drug-likeness (QED) is 0.897. The molecule has 1 aromatic carbocycles. The normalized spacial score (nSPS) is 12.4. The highest BCUT2D eigenvalue weighted by atomic mass is 19.1. The summed E-state index contributed by atoms with van der Waals surface area (Å²) < 4.78 is 13.9. The minimum Gasteiger partial charge on any atom is -0.309 e. The lowest BCUT2D eigenvalue weighted by Crippen LogP contribution is -2.25. The van der Waals surface area contributed by atoms with Gasteiger partial charge in [0.1, 0.15) is 5.82 Å². The van der Waals surface area contributed by atoms with Gasteiger partial charge in [-0.15, -0.1) is 0 Å². The largest absolute Gasteiger partial charge is 0.309 e. The number of hydrogen-bond donors (Lipinski definition) is 1. The fourth-order valence-electron chi connectivity index (χ4n) is 2.33. The number of benzene rings is 1. The maximum atomic E-state index is 13.9. The molecule has 1 N–H and O–H groups in total. The van der Waals surface area contributed by atoms with E-state index in [4.69, 9.17) is 0 Å². The van der Waals surface area contributed by atoms with E-state index in [1.165, 1.54) is 22.8 Å². The molecule has 0 amide bonds. The molecule has 0 radical (unpaired) electrons. The van der Waals surface area contributed by atoms with Gasteiger partial charge in [0.05, 0.1) is 11.7 Å². The average Bonchev–Trinajstić information content (AvgIpc) is 2.43. The molecule has 0 saturated heterocycles. The Morgan fingerprint density at radius 1 is 1.20 bits per heavy atom. The maximum Gasteiger partial charge on any atom is 0.146 e. The van der Waals surface area contributed by atoms with E-state index < -0.39 is 0 Å². The third-order valence-corrected chi connectivity index (χ3v) is 3.58. The third kappa shape index (κ3) is 3.42. The van der Waals surface area contributed by atoms with Crippen LogP contribution < -0.4 is 5.32 Å². The zero-order valence-electron chi connectivity index (χ0n) is 12.3. The van der Waals surface area contributed by atoms with Crippen molar-refractivity contribution in [2.75, 3.05) is 6.54 Å². The lowest BCUT2D eigenvalue weighted by atomic mass is 9.99. The summed E-state index contributed by atoms with van der Waals surface area (Å²) in [5, 5.41) is 3.32. The lowest BCUT2D eigenvalue weighted by Gasteiger charge is -2.18. The van der Waals surface area contributed by atoms with Crippen molar-refractivity contribution in [1.29, 1.82) is 0 Å². The summed E-state index contributed by atoms with van der Waals surface area (Å²) >= 11 is 0. The molecule has 0 aliphatic carbocycles. The van der Waals surface area contributed by atoms with E-state index >= 15 is 0 Å². The Hall–Kier alpha value is -1.74. The molecule has 0 bridgehead atoms. The van der Waals surface area contributed by atoms with Crippen LogP contribution in [0.5, 0.6) is 0 Å². The second kappa shape index (κ2) is 6.62. The van der Waals surface area contributed by atoms with E-state index in [1.807, 2.05) is 6.92 Å². The Labute approximate surface area is 120 Å². The topological polar surface area (TPSA) is 24.9 Å². The molecule has 2 aromatic rings. The molecule has 2 rings (SSSR count). The summed E-state index contributed by atoms with van der Waals surface area (Å²) in [7, 11) is 0. The van der Waals surface area contributed by atoms with Crippen LogP contribution in [-0.4, -0.2) is 11.5 Å². The Bertz CT molecular complexity index is 581. The molecule has 3 heteroatoms. The zero-order chi connectivity index (χ0) is 14.5. The number of nitrogens with one attached hydrogen (secondary N) is 1. The Kier molecular flexibility index (Phi) is 4.85. The second-order valence-corrected chi connectivity index (χ2v) is 5.10. The molecule has 1 atom stereocenters. The molecule has 0 spiro atoms. The first kappa shape index (κ1) is 14.7. The van der Waals surface area contributed by atoms with Crippen LogP contribution in [0.25, 0.3) is 0 Å². The molecule has 1 unspecified atom stereocenters. The molecule has 0 saturated carbocycles. The minimum atomic E-state index is -0.248. The van der Waals surface area contributed by atoms with Crippen LogP contribution in [0.2, 0.25) is 0 Å². The number of halogens is 1. The van der Waals surface area contributed by atoms with E-state index in [0.29, 0.717) is 5.69 Å². The SMILES string of the molecule is CCNC(Cc1ccc(C)c(C)c1)c1ncccc1F. The van der Waals surface area contributed by atoms with Crippen molar-refractivity contribution in [3.05, 3.63) is 64.7 Å². The van der Waals surface area contributed by atoms with Crippen molar-refractivity contribution in [2.24, 2.45) is 0 Å². The van der Waals surface area contributed by atoms with Crippen LogP contribution in [0.3, 0.4) is 0 Å². The van der Waals surface area contributed by atoms with Gasteiger partial charge in [-0.2, -0.15) is 0 Å². The number of aryl methyl sites for hydroxylation is 2. The molecular formula is C17H21FN2. The molecular weight excluding hydrogens is 251 g/mol. The maximum absolute atomic E-state index is 13.9. The van der Waals surface area contributed by atoms with E-state index in [9.17, 15) is 4.39 Å². The van der Waals surface area contributed by atoms with Crippen molar-refractivity contribution < 1.29 is 4.39 Å². The van der Waals surface area contributed by atoms with Gasteiger partial charge in [0.15, 0.2) is 0 Å². The molecule has 1 aromatic heterocycles. The Morgan fingerprint density at radius 2 is 2.00 bits per heavy atom. The zero-order valence-corrected chi connectivity index (χ0v) is 12.3. The van der Waals surface area contributed by atoms with Crippen LogP contribution in [0.1, 0.15) is 35.3 Å². The Balaban J connectivity index is 2.25. The molecule has 20 heavy (non-hydrogen) atoms. The standard InChI is InChI=1S/C17H21FN2/c1-4-19-16(17-15(18)6-5-9-20-17)11-14-8-7-12(2)13(3)10-14/h5-10,16,19H,4,11H2,1-3H3. The van der Waals surface area contributed by atoms with Crippen molar-refractivity contribution in [3.63, 3.8) is 0 Å². The van der Waals surface area contributed by atoms with Gasteiger partial charge >= 0.3 is 0 Å². The minimum absolute atomic E-state index is 0.0942. The highest BCUT2D eigenvalue weighted by Crippen LogP contribution is 2.20. The van der Waals surface area contributed by atoms with E-state index in [0.717, 1.165) is 13.0 Å². The molecule has 2 nitrogen and oxygen atoms in total. The van der Waals surface area contributed by atoms with Crippen LogP contribution in [0.4, 0.5) is 4.39 Å². The number of rotatable bonds is 5. The van der Waals surface area contributed by atoms with Crippen LogP contribution >= 0.6 is 0 Å². The monoisotopic (exact) mass is 272 g/mol. The van der Waals surface area contributed by atoms with Gasteiger partial charge in [0.25, 0.3) is 0 Å². The smallest absolute Gasteiger partial charge is 0.146 e. The summed E-state index contributed by atoms with van der Waals surface area (Å²) in [6.45, 7) is 7.00. The van der Waals surface area contributed by atoms with Crippen molar-refractivity contribution in [3.8, 4) is 0 Å². The fourth-order valence-corrected chi connectivity index (χ4v) is 2.33. The molecule has 106 valence electrons. The fraction of sp³-hybridized carbons (Fsp3) is 0.353. The van der Waals surface area contributed by atoms with Gasteiger partial charge in [0, 0.05) is 6.20 Å². The number of pyridine rings is 1.